The van der Waals surface area contributed by atoms with Crippen molar-refractivity contribution in [3.63, 3.8) is 0 Å². The molecule has 0 heterocycles. The van der Waals surface area contributed by atoms with Crippen molar-refractivity contribution < 1.29 is 19.4 Å². The van der Waals surface area contributed by atoms with E-state index in [2.05, 4.69) is 5.32 Å². The van der Waals surface area contributed by atoms with Crippen LogP contribution in [0.1, 0.15) is 37.0 Å². The number of methoxy groups -OCH3 is 1. The average molecular weight is 265 g/mol. The third kappa shape index (κ3) is 3.71. The number of amides is 1. The SMILES string of the molecule is CCCC(C)(NC(=O)c1ccc(O)cc1)C(=O)OC. The van der Waals surface area contributed by atoms with Crippen LogP contribution in [0, 0.1) is 0 Å². The van der Waals surface area contributed by atoms with E-state index in [1.54, 1.807) is 6.92 Å². The minimum Gasteiger partial charge on any atom is -0.508 e. The van der Waals surface area contributed by atoms with Gasteiger partial charge in [-0.2, -0.15) is 0 Å². The molecular weight excluding hydrogens is 246 g/mol. The van der Waals surface area contributed by atoms with Gasteiger partial charge in [0.2, 0.25) is 0 Å². The highest BCUT2D eigenvalue weighted by Gasteiger charge is 2.35. The second-order valence-electron chi connectivity index (χ2n) is 4.57. The molecule has 0 aliphatic heterocycles. The molecule has 5 nitrogen and oxygen atoms in total. The van der Waals surface area contributed by atoms with Crippen LogP contribution in [0.2, 0.25) is 0 Å². The lowest BCUT2D eigenvalue weighted by Gasteiger charge is -2.27. The van der Waals surface area contributed by atoms with E-state index < -0.39 is 11.5 Å². The molecule has 0 aliphatic carbocycles. The maximum Gasteiger partial charge on any atom is 0.331 e. The highest BCUT2D eigenvalue weighted by molar-refractivity contribution is 5.98. The molecule has 1 unspecified atom stereocenters. The van der Waals surface area contributed by atoms with Gasteiger partial charge >= 0.3 is 5.97 Å². The van der Waals surface area contributed by atoms with E-state index in [9.17, 15) is 14.7 Å². The van der Waals surface area contributed by atoms with Crippen LogP contribution in [0.15, 0.2) is 24.3 Å². The summed E-state index contributed by atoms with van der Waals surface area (Å²) in [5.74, 6) is -0.760. The standard InChI is InChI=1S/C14H19NO4/c1-4-9-14(2,13(18)19-3)15-12(17)10-5-7-11(16)8-6-10/h5-8,16H,4,9H2,1-3H3,(H,15,17). The van der Waals surface area contributed by atoms with Gasteiger partial charge in [-0.15, -0.1) is 0 Å². The molecule has 0 radical (unpaired) electrons. The first-order valence-electron chi connectivity index (χ1n) is 6.13. The van der Waals surface area contributed by atoms with Gasteiger partial charge in [-0.3, -0.25) is 4.79 Å². The van der Waals surface area contributed by atoms with Gasteiger partial charge in [0.25, 0.3) is 5.91 Å². The Morgan fingerprint density at radius 1 is 1.32 bits per heavy atom. The zero-order valence-corrected chi connectivity index (χ0v) is 11.4. The number of aromatic hydroxyl groups is 1. The molecule has 0 aromatic heterocycles. The van der Waals surface area contributed by atoms with E-state index in [1.165, 1.54) is 31.4 Å². The largest absolute Gasteiger partial charge is 0.508 e. The van der Waals surface area contributed by atoms with E-state index in [0.717, 1.165) is 6.42 Å². The number of esters is 1. The van der Waals surface area contributed by atoms with E-state index in [0.29, 0.717) is 12.0 Å². The Labute approximate surface area is 112 Å². The third-order valence-electron chi connectivity index (χ3n) is 2.90. The summed E-state index contributed by atoms with van der Waals surface area (Å²) >= 11 is 0. The number of hydrogen-bond acceptors (Lipinski definition) is 4. The fourth-order valence-corrected chi connectivity index (χ4v) is 1.88. The minimum absolute atomic E-state index is 0.0841. The Kier molecular flexibility index (Phi) is 4.92. The molecule has 1 rings (SSSR count). The third-order valence-corrected chi connectivity index (χ3v) is 2.90. The second kappa shape index (κ2) is 6.22. The Bertz CT molecular complexity index is 455. The zero-order chi connectivity index (χ0) is 14.5. The summed E-state index contributed by atoms with van der Waals surface area (Å²) < 4.78 is 4.73. The van der Waals surface area contributed by atoms with Crippen LogP contribution in [-0.4, -0.2) is 29.6 Å². The minimum atomic E-state index is -1.04. The normalized spacial score (nSPS) is 13.4. The predicted octanol–water partition coefficient (Wildman–Crippen LogP) is 1.85. The van der Waals surface area contributed by atoms with Crippen molar-refractivity contribution in [2.75, 3.05) is 7.11 Å². The number of ether oxygens (including phenoxy) is 1. The van der Waals surface area contributed by atoms with E-state index in [4.69, 9.17) is 4.74 Å². The summed E-state index contributed by atoms with van der Waals surface area (Å²) in [5, 5.41) is 11.9. The molecule has 1 amide bonds. The fraction of sp³-hybridized carbons (Fsp3) is 0.429. The first kappa shape index (κ1) is 15.0. The van der Waals surface area contributed by atoms with Crippen molar-refractivity contribution in [2.24, 2.45) is 0 Å². The number of hydrogen-bond donors (Lipinski definition) is 2. The first-order chi connectivity index (χ1) is 8.92. The smallest absolute Gasteiger partial charge is 0.331 e. The van der Waals surface area contributed by atoms with Crippen LogP contribution in [0.5, 0.6) is 5.75 Å². The summed E-state index contributed by atoms with van der Waals surface area (Å²) in [4.78, 5) is 23.8. The van der Waals surface area contributed by atoms with Gasteiger partial charge in [0.15, 0.2) is 0 Å². The van der Waals surface area contributed by atoms with Gasteiger partial charge in [0, 0.05) is 5.56 Å². The van der Waals surface area contributed by atoms with Crippen LogP contribution in [-0.2, 0) is 9.53 Å². The highest BCUT2D eigenvalue weighted by atomic mass is 16.5. The number of phenolic OH excluding ortho intramolecular Hbond substituents is 1. The molecule has 19 heavy (non-hydrogen) atoms. The van der Waals surface area contributed by atoms with Crippen molar-refractivity contribution >= 4 is 11.9 Å². The molecular formula is C14H19NO4. The van der Waals surface area contributed by atoms with Crippen LogP contribution in [0.4, 0.5) is 0 Å². The van der Waals surface area contributed by atoms with Crippen molar-refractivity contribution in [1.29, 1.82) is 0 Å². The Morgan fingerprint density at radius 3 is 2.37 bits per heavy atom. The Morgan fingerprint density at radius 2 is 1.89 bits per heavy atom. The molecule has 1 aromatic rings. The maximum absolute atomic E-state index is 12.1. The number of nitrogens with one attached hydrogen (secondary N) is 1. The van der Waals surface area contributed by atoms with Gasteiger partial charge < -0.3 is 15.2 Å². The number of carbonyl (C=O) groups is 2. The average Bonchev–Trinajstić information content (AvgIpc) is 2.38. The fourth-order valence-electron chi connectivity index (χ4n) is 1.88. The molecule has 0 fully saturated rings. The molecule has 0 aliphatic rings. The molecule has 1 atom stereocenters. The molecule has 2 N–H and O–H groups in total. The van der Waals surface area contributed by atoms with E-state index >= 15 is 0 Å². The molecule has 0 bridgehead atoms. The summed E-state index contributed by atoms with van der Waals surface area (Å²) in [7, 11) is 1.29. The van der Waals surface area contributed by atoms with Crippen LogP contribution in [0.3, 0.4) is 0 Å². The van der Waals surface area contributed by atoms with E-state index in [-0.39, 0.29) is 11.7 Å². The molecule has 1 aromatic carbocycles. The zero-order valence-electron chi connectivity index (χ0n) is 11.4. The van der Waals surface area contributed by atoms with Crippen molar-refractivity contribution in [2.45, 2.75) is 32.2 Å². The van der Waals surface area contributed by atoms with Gasteiger partial charge in [-0.25, -0.2) is 4.79 Å². The van der Waals surface area contributed by atoms with Gasteiger partial charge in [-0.05, 0) is 37.6 Å². The number of rotatable bonds is 5. The van der Waals surface area contributed by atoms with E-state index in [1.807, 2.05) is 6.92 Å². The number of carbonyl (C=O) groups excluding carboxylic acids is 2. The van der Waals surface area contributed by atoms with Crippen molar-refractivity contribution in [3.05, 3.63) is 29.8 Å². The molecule has 104 valence electrons. The monoisotopic (exact) mass is 265 g/mol. The highest BCUT2D eigenvalue weighted by Crippen LogP contribution is 2.16. The molecule has 0 saturated carbocycles. The number of phenols is 1. The lowest BCUT2D eigenvalue weighted by Crippen LogP contribution is -2.52. The van der Waals surface area contributed by atoms with Crippen LogP contribution in [0.25, 0.3) is 0 Å². The molecule has 0 saturated heterocycles. The van der Waals surface area contributed by atoms with Crippen LogP contribution >= 0.6 is 0 Å². The predicted molar refractivity (Wildman–Crippen MR) is 70.9 cm³/mol. The van der Waals surface area contributed by atoms with Gasteiger partial charge in [0.05, 0.1) is 7.11 Å². The number of benzene rings is 1. The Balaban J connectivity index is 2.87. The van der Waals surface area contributed by atoms with Crippen LogP contribution < -0.4 is 5.32 Å². The van der Waals surface area contributed by atoms with Gasteiger partial charge in [-0.1, -0.05) is 13.3 Å². The van der Waals surface area contributed by atoms with Crippen molar-refractivity contribution in [3.8, 4) is 5.75 Å². The summed E-state index contributed by atoms with van der Waals surface area (Å²) in [6.45, 7) is 3.56. The lowest BCUT2D eigenvalue weighted by atomic mass is 9.95. The van der Waals surface area contributed by atoms with Gasteiger partial charge in [0.1, 0.15) is 11.3 Å². The molecule has 5 heteroatoms. The maximum atomic E-state index is 12.1. The summed E-state index contributed by atoms with van der Waals surface area (Å²) in [6, 6.07) is 5.83. The molecule has 0 spiro atoms. The van der Waals surface area contributed by atoms with Crippen molar-refractivity contribution in [1.82, 2.24) is 5.32 Å². The lowest BCUT2D eigenvalue weighted by molar-refractivity contribution is -0.147. The summed E-state index contributed by atoms with van der Waals surface area (Å²) in [5.41, 5.74) is -0.664. The topological polar surface area (TPSA) is 75.6 Å². The quantitative estimate of drug-likeness (QED) is 0.797. The first-order valence-corrected chi connectivity index (χ1v) is 6.13. The summed E-state index contributed by atoms with van der Waals surface area (Å²) in [6.07, 6.45) is 1.23. The Hall–Kier alpha value is -2.04. The second-order valence-corrected chi connectivity index (χ2v) is 4.57.